The summed E-state index contributed by atoms with van der Waals surface area (Å²) < 4.78 is 0. The van der Waals surface area contributed by atoms with E-state index in [2.05, 4.69) is 15.2 Å². The predicted octanol–water partition coefficient (Wildman–Crippen LogP) is 2.29. The van der Waals surface area contributed by atoms with Crippen molar-refractivity contribution < 1.29 is 4.79 Å². The van der Waals surface area contributed by atoms with E-state index >= 15 is 0 Å². The number of carbonyl (C=O) groups is 1. The van der Waals surface area contributed by atoms with Crippen molar-refractivity contribution in [2.75, 3.05) is 37.6 Å². The molecule has 0 aromatic carbocycles. The number of nitrogens with zero attached hydrogens (tertiary/aromatic N) is 3. The molecular weight excluding hydrogens is 300 g/mol. The quantitative estimate of drug-likeness (QED) is 0.901. The number of hydrogen-bond acceptors (Lipinski definition) is 4. The van der Waals surface area contributed by atoms with Gasteiger partial charge in [-0.2, -0.15) is 0 Å². The Labute approximate surface area is 144 Å². The van der Waals surface area contributed by atoms with Gasteiger partial charge in [-0.1, -0.05) is 0 Å². The second-order valence-corrected chi connectivity index (χ2v) is 7.52. The number of hydrogen-bond donors (Lipinski definition) is 1. The molecule has 1 amide bonds. The summed E-state index contributed by atoms with van der Waals surface area (Å²) in [6.45, 7) is 5.05. The second kappa shape index (κ2) is 7.09. The first-order chi connectivity index (χ1) is 11.8. The van der Waals surface area contributed by atoms with Crippen molar-refractivity contribution in [3.63, 3.8) is 0 Å². The molecule has 1 aliphatic carbocycles. The first-order valence-corrected chi connectivity index (χ1v) is 9.53. The standard InChI is InChI=1S/C19H28N4O/c24-19(16-5-6-18(21-14-16)22-9-1-2-10-22)23-11-7-17(8-12-23)20-13-15-3-4-15/h5-6,14-15,17,20H,1-4,7-13H2. The number of nitrogens with one attached hydrogen (secondary N) is 1. The van der Waals surface area contributed by atoms with Gasteiger partial charge in [0.05, 0.1) is 5.56 Å². The van der Waals surface area contributed by atoms with Gasteiger partial charge in [-0.25, -0.2) is 4.98 Å². The molecule has 3 aliphatic rings. The van der Waals surface area contributed by atoms with E-state index in [-0.39, 0.29) is 5.91 Å². The molecule has 0 spiro atoms. The van der Waals surface area contributed by atoms with Gasteiger partial charge in [0.15, 0.2) is 0 Å². The summed E-state index contributed by atoms with van der Waals surface area (Å²) in [6.07, 6.45) is 9.16. The van der Waals surface area contributed by atoms with Crippen LogP contribution in [0, 0.1) is 5.92 Å². The summed E-state index contributed by atoms with van der Waals surface area (Å²) in [5.41, 5.74) is 0.724. The number of likely N-dealkylation sites (tertiary alicyclic amines) is 1. The lowest BCUT2D eigenvalue weighted by atomic mass is 10.0. The zero-order valence-corrected chi connectivity index (χ0v) is 14.4. The highest BCUT2D eigenvalue weighted by molar-refractivity contribution is 5.94. The minimum atomic E-state index is 0.135. The van der Waals surface area contributed by atoms with E-state index in [1.54, 1.807) is 6.20 Å². The van der Waals surface area contributed by atoms with Crippen LogP contribution in [0.4, 0.5) is 5.82 Å². The lowest BCUT2D eigenvalue weighted by molar-refractivity contribution is 0.0704. The third-order valence-corrected chi connectivity index (χ3v) is 5.60. The highest BCUT2D eigenvalue weighted by Gasteiger charge is 2.26. The molecule has 4 rings (SSSR count). The Hall–Kier alpha value is -1.62. The molecule has 0 bridgehead atoms. The van der Waals surface area contributed by atoms with E-state index in [1.165, 1.54) is 32.2 Å². The molecule has 2 aliphatic heterocycles. The number of aromatic nitrogens is 1. The highest BCUT2D eigenvalue weighted by Crippen LogP contribution is 2.28. The van der Waals surface area contributed by atoms with Crippen LogP contribution in [0.15, 0.2) is 18.3 Å². The monoisotopic (exact) mass is 328 g/mol. The summed E-state index contributed by atoms with van der Waals surface area (Å²) in [5.74, 6) is 2.06. The van der Waals surface area contributed by atoms with Crippen LogP contribution in [0.2, 0.25) is 0 Å². The van der Waals surface area contributed by atoms with Crippen LogP contribution in [0.5, 0.6) is 0 Å². The fourth-order valence-corrected chi connectivity index (χ4v) is 3.77. The molecule has 1 saturated carbocycles. The summed E-state index contributed by atoms with van der Waals surface area (Å²) in [4.78, 5) is 21.5. The first kappa shape index (κ1) is 15.9. The molecular formula is C19H28N4O. The van der Waals surface area contributed by atoms with Gasteiger partial charge in [-0.15, -0.1) is 0 Å². The first-order valence-electron chi connectivity index (χ1n) is 9.53. The van der Waals surface area contributed by atoms with Crippen LogP contribution in [0.25, 0.3) is 0 Å². The minimum Gasteiger partial charge on any atom is -0.357 e. The molecule has 0 atom stereocenters. The van der Waals surface area contributed by atoms with Gasteiger partial charge in [-0.3, -0.25) is 4.79 Å². The number of pyridine rings is 1. The topological polar surface area (TPSA) is 48.5 Å². The number of carbonyl (C=O) groups excluding carboxylic acids is 1. The molecule has 2 saturated heterocycles. The Bertz CT molecular complexity index is 555. The summed E-state index contributed by atoms with van der Waals surface area (Å²) in [5, 5.41) is 3.67. The Morgan fingerprint density at radius 3 is 2.46 bits per heavy atom. The zero-order chi connectivity index (χ0) is 16.4. The maximum atomic E-state index is 12.7. The van der Waals surface area contributed by atoms with Gasteiger partial charge < -0.3 is 15.1 Å². The van der Waals surface area contributed by atoms with Crippen LogP contribution in [-0.2, 0) is 0 Å². The molecule has 1 aromatic rings. The van der Waals surface area contributed by atoms with E-state index in [4.69, 9.17) is 0 Å². The number of anilines is 1. The van der Waals surface area contributed by atoms with E-state index < -0.39 is 0 Å². The van der Waals surface area contributed by atoms with Crippen LogP contribution in [-0.4, -0.2) is 54.6 Å². The summed E-state index contributed by atoms with van der Waals surface area (Å²) in [6, 6.07) is 4.54. The molecule has 24 heavy (non-hydrogen) atoms. The third kappa shape index (κ3) is 3.72. The Morgan fingerprint density at radius 1 is 1.08 bits per heavy atom. The molecule has 1 N–H and O–H groups in total. The van der Waals surface area contributed by atoms with Crippen LogP contribution >= 0.6 is 0 Å². The fourth-order valence-electron chi connectivity index (χ4n) is 3.77. The van der Waals surface area contributed by atoms with Gasteiger partial charge in [0.1, 0.15) is 5.82 Å². The largest absolute Gasteiger partial charge is 0.357 e. The van der Waals surface area contributed by atoms with E-state index in [9.17, 15) is 4.79 Å². The van der Waals surface area contributed by atoms with Gasteiger partial charge >= 0.3 is 0 Å². The average Bonchev–Trinajstić information content (AvgIpc) is 3.31. The molecule has 5 heteroatoms. The van der Waals surface area contributed by atoms with E-state index in [1.807, 2.05) is 17.0 Å². The van der Waals surface area contributed by atoms with E-state index in [0.29, 0.717) is 6.04 Å². The van der Waals surface area contributed by atoms with Crippen molar-refractivity contribution in [1.29, 1.82) is 0 Å². The van der Waals surface area contributed by atoms with Crippen LogP contribution < -0.4 is 10.2 Å². The van der Waals surface area contributed by atoms with Crippen LogP contribution in [0.3, 0.4) is 0 Å². The average molecular weight is 328 g/mol. The zero-order valence-electron chi connectivity index (χ0n) is 14.4. The molecule has 3 fully saturated rings. The van der Waals surface area contributed by atoms with Gasteiger partial charge in [0.2, 0.25) is 0 Å². The van der Waals surface area contributed by atoms with Crippen molar-refractivity contribution in [3.8, 4) is 0 Å². The molecule has 3 heterocycles. The third-order valence-electron chi connectivity index (χ3n) is 5.60. The maximum Gasteiger partial charge on any atom is 0.255 e. The van der Waals surface area contributed by atoms with E-state index in [0.717, 1.165) is 56.3 Å². The summed E-state index contributed by atoms with van der Waals surface area (Å²) in [7, 11) is 0. The molecule has 0 radical (unpaired) electrons. The number of piperidine rings is 1. The SMILES string of the molecule is O=C(c1ccc(N2CCCC2)nc1)N1CCC(NCC2CC2)CC1. The van der Waals surface area contributed by atoms with Gasteiger partial charge in [-0.05, 0) is 63.1 Å². The fraction of sp³-hybridized carbons (Fsp3) is 0.684. The Kier molecular flexibility index (Phi) is 4.69. The molecule has 1 aromatic heterocycles. The van der Waals surface area contributed by atoms with Crippen molar-refractivity contribution in [3.05, 3.63) is 23.9 Å². The number of amides is 1. The lowest BCUT2D eigenvalue weighted by Crippen LogP contribution is -2.45. The van der Waals surface area contributed by atoms with Gasteiger partial charge in [0.25, 0.3) is 5.91 Å². The smallest absolute Gasteiger partial charge is 0.255 e. The normalized spacial score (nSPS) is 22.2. The van der Waals surface area contributed by atoms with Crippen LogP contribution in [0.1, 0.15) is 48.9 Å². The highest BCUT2D eigenvalue weighted by atomic mass is 16.2. The lowest BCUT2D eigenvalue weighted by Gasteiger charge is -2.32. The Morgan fingerprint density at radius 2 is 1.83 bits per heavy atom. The summed E-state index contributed by atoms with van der Waals surface area (Å²) >= 11 is 0. The molecule has 5 nitrogen and oxygen atoms in total. The number of rotatable bonds is 5. The maximum absolute atomic E-state index is 12.7. The van der Waals surface area contributed by atoms with Crippen molar-refractivity contribution in [2.24, 2.45) is 5.92 Å². The minimum absolute atomic E-state index is 0.135. The molecule has 0 unspecified atom stereocenters. The van der Waals surface area contributed by atoms with Gasteiger partial charge in [0, 0.05) is 38.4 Å². The van der Waals surface area contributed by atoms with Crippen molar-refractivity contribution in [2.45, 2.75) is 44.6 Å². The molecule has 130 valence electrons. The second-order valence-electron chi connectivity index (χ2n) is 7.52. The van der Waals surface area contributed by atoms with Crippen molar-refractivity contribution in [1.82, 2.24) is 15.2 Å². The Balaban J connectivity index is 1.29. The van der Waals surface area contributed by atoms with Crippen molar-refractivity contribution >= 4 is 11.7 Å². The predicted molar refractivity (Wildman–Crippen MR) is 95.3 cm³/mol.